The average molecular weight is 788 g/mol. The summed E-state index contributed by atoms with van der Waals surface area (Å²) in [7, 11) is 0. The first-order valence-electron chi connectivity index (χ1n) is 15.5. The minimum Gasteiger partial charge on any atom is -0.512 e. The van der Waals surface area contributed by atoms with Gasteiger partial charge < -0.3 is 9.84 Å². The van der Waals surface area contributed by atoms with Crippen LogP contribution in [0.2, 0.25) is 0 Å². The first kappa shape index (κ1) is 33.2. The van der Waals surface area contributed by atoms with Gasteiger partial charge in [-0.1, -0.05) is 103 Å². The van der Waals surface area contributed by atoms with Crippen LogP contribution in [-0.2, 0) is 24.9 Å². The van der Waals surface area contributed by atoms with E-state index >= 15 is 0 Å². The number of hydrogen-bond acceptors (Lipinski definition) is 5. The summed E-state index contributed by atoms with van der Waals surface area (Å²) in [6, 6.07) is 24.7. The van der Waals surface area contributed by atoms with E-state index in [1.165, 1.54) is 22.2 Å². The number of benzene rings is 4. The Morgan fingerprint density at radius 2 is 1.57 bits per heavy atom. The monoisotopic (exact) mass is 788 g/mol. The summed E-state index contributed by atoms with van der Waals surface area (Å²) in [4.78, 5) is 20.9. The Bertz CT molecular complexity index is 2170. The molecule has 1 aliphatic rings. The van der Waals surface area contributed by atoms with E-state index in [1.54, 1.807) is 0 Å². The number of aliphatic hydroxyl groups excluding tert-OH is 1. The molecule has 3 heterocycles. The second-order valence-corrected chi connectivity index (χ2v) is 14.2. The van der Waals surface area contributed by atoms with Crippen molar-refractivity contribution in [3.63, 3.8) is 0 Å². The third-order valence-electron chi connectivity index (χ3n) is 8.31. The van der Waals surface area contributed by atoms with E-state index in [9.17, 15) is 9.90 Å². The summed E-state index contributed by atoms with van der Waals surface area (Å²) in [6.45, 7) is 15.5. The topological polar surface area (TPSA) is 72.3 Å². The van der Waals surface area contributed by atoms with E-state index in [-0.39, 0.29) is 37.1 Å². The number of rotatable bonds is 2. The van der Waals surface area contributed by atoms with Gasteiger partial charge in [0.1, 0.15) is 11.5 Å². The van der Waals surface area contributed by atoms with Crippen LogP contribution in [0.1, 0.15) is 67.0 Å². The maximum absolute atomic E-state index is 11.5. The van der Waals surface area contributed by atoms with Crippen LogP contribution < -0.4 is 4.74 Å². The van der Waals surface area contributed by atoms with Crippen LogP contribution in [0.4, 0.5) is 0 Å². The molecule has 0 spiro atoms. The maximum atomic E-state index is 11.5. The number of ether oxygens (including phenoxy) is 1. The van der Waals surface area contributed by atoms with Gasteiger partial charge in [0.15, 0.2) is 5.78 Å². The molecule has 6 heteroatoms. The molecule has 7 rings (SSSR count). The molecule has 0 unspecified atom stereocenters. The second-order valence-electron chi connectivity index (χ2n) is 14.2. The molecule has 2 aromatic heterocycles. The molecule has 46 heavy (non-hydrogen) atoms. The van der Waals surface area contributed by atoms with Gasteiger partial charge in [-0.3, -0.25) is 14.8 Å². The molecule has 6 aromatic rings. The number of pyridine rings is 2. The Morgan fingerprint density at radius 3 is 2.26 bits per heavy atom. The van der Waals surface area contributed by atoms with Crippen LogP contribution in [0.15, 0.2) is 84.9 Å². The summed E-state index contributed by atoms with van der Waals surface area (Å²) in [6.07, 6.45) is 5.21. The zero-order valence-electron chi connectivity index (χ0n) is 27.6. The summed E-state index contributed by atoms with van der Waals surface area (Å²) in [5.74, 6) is 2.13. The van der Waals surface area contributed by atoms with Crippen LogP contribution in [0.25, 0.3) is 54.3 Å². The number of aliphatic hydroxyl groups is 1. The largest absolute Gasteiger partial charge is 0.512 e. The molecule has 0 atom stereocenters. The Morgan fingerprint density at radius 1 is 0.826 bits per heavy atom. The minimum absolute atomic E-state index is 0. The van der Waals surface area contributed by atoms with Crippen molar-refractivity contribution in [1.82, 2.24) is 9.97 Å². The number of fused-ring (bicyclic) bond motifs is 7. The van der Waals surface area contributed by atoms with Crippen molar-refractivity contribution in [2.45, 2.75) is 61.3 Å². The molecule has 0 bridgehead atoms. The molecule has 0 saturated heterocycles. The molecule has 1 radical (unpaired) electrons. The minimum atomic E-state index is -0.417. The van der Waals surface area contributed by atoms with Gasteiger partial charge in [-0.25, -0.2) is 0 Å². The van der Waals surface area contributed by atoms with Gasteiger partial charge in [-0.2, -0.15) is 0 Å². The van der Waals surface area contributed by atoms with Gasteiger partial charge in [-0.15, -0.1) is 17.5 Å². The van der Waals surface area contributed by atoms with Gasteiger partial charge in [0, 0.05) is 71.6 Å². The molecule has 4 aromatic carbocycles. The van der Waals surface area contributed by atoms with E-state index in [0.717, 1.165) is 55.4 Å². The van der Waals surface area contributed by atoms with E-state index < -0.39 is 5.41 Å². The Hall–Kier alpha value is -4.12. The van der Waals surface area contributed by atoms with Gasteiger partial charge >= 0.3 is 0 Å². The molecule has 237 valence electrons. The predicted molar refractivity (Wildman–Crippen MR) is 185 cm³/mol. The molecular formula is C40H39IrN2O3-. The molecule has 0 amide bonds. The standard InChI is InChI=1S/C29H19N2O.C11H20O2.Ir/c1-16(2)25-13-22-19(15-31-25)7-8-20-21-9-10-30-29-24-11-17-5-3-4-6-18(17)12-26(24)32-27(28(21)29)14-23(20)22;1-10(2,3)8(12)7-9(13)11(4,5)6;/h3-10,12-16H,1-2H3;7,12H,1-6H3;/q-1;;/b;8-7-;. The van der Waals surface area contributed by atoms with Crippen molar-refractivity contribution < 1.29 is 34.7 Å². The van der Waals surface area contributed by atoms with Gasteiger partial charge in [-0.05, 0) is 45.7 Å². The normalized spacial score (nSPS) is 12.8. The van der Waals surface area contributed by atoms with Crippen LogP contribution in [-0.4, -0.2) is 20.9 Å². The summed E-state index contributed by atoms with van der Waals surface area (Å²) < 4.78 is 6.51. The van der Waals surface area contributed by atoms with E-state index in [0.29, 0.717) is 5.92 Å². The molecule has 1 N–H and O–H groups in total. The molecule has 0 fully saturated rings. The molecule has 0 saturated carbocycles. The first-order chi connectivity index (χ1) is 21.2. The smallest absolute Gasteiger partial charge is 0.164 e. The average Bonchev–Trinajstić information content (AvgIpc) is 2.99. The van der Waals surface area contributed by atoms with Crippen LogP contribution in [0.5, 0.6) is 11.5 Å². The SMILES string of the molecule is CC(C)(C)C(=O)/C=C(\O)C(C)(C)C.CC(C)c1cc2c(ccc3c4ccnc5c4c(cc23)Oc2cc3ccccc3[c-]c2-5)cn1.[Ir]. The third kappa shape index (κ3) is 6.17. The van der Waals surface area contributed by atoms with Crippen molar-refractivity contribution in [1.29, 1.82) is 0 Å². The van der Waals surface area contributed by atoms with Crippen LogP contribution in [0.3, 0.4) is 0 Å². The number of hydrogen-bond donors (Lipinski definition) is 1. The fraction of sp³-hybridized carbons (Fsp3) is 0.275. The maximum Gasteiger partial charge on any atom is 0.164 e. The van der Waals surface area contributed by atoms with Crippen molar-refractivity contribution in [2.24, 2.45) is 10.8 Å². The first-order valence-corrected chi connectivity index (χ1v) is 15.5. The van der Waals surface area contributed by atoms with E-state index in [2.05, 4.69) is 73.4 Å². The van der Waals surface area contributed by atoms with E-state index in [4.69, 9.17) is 9.72 Å². The molecule has 5 nitrogen and oxygen atoms in total. The number of carbonyl (C=O) groups is 1. The molecular weight excluding hydrogens is 749 g/mol. The number of carbonyl (C=O) groups excluding carboxylic acids is 1. The molecule has 0 aliphatic carbocycles. The van der Waals surface area contributed by atoms with E-state index in [1.807, 2.05) is 66.1 Å². The quantitative estimate of drug-likeness (QED) is 0.0818. The van der Waals surface area contributed by atoms with Crippen molar-refractivity contribution in [3.8, 4) is 22.8 Å². The Kier molecular flexibility index (Phi) is 8.85. The number of aromatic nitrogens is 2. The fourth-order valence-corrected chi connectivity index (χ4v) is 5.45. The van der Waals surface area contributed by atoms with Crippen molar-refractivity contribution in [2.75, 3.05) is 0 Å². The van der Waals surface area contributed by atoms with Crippen LogP contribution >= 0.6 is 0 Å². The Balaban J connectivity index is 0.000000256. The molecule has 1 aliphatic heterocycles. The number of nitrogens with zero attached hydrogens (tertiary/aromatic N) is 2. The van der Waals surface area contributed by atoms with Crippen molar-refractivity contribution in [3.05, 3.63) is 96.7 Å². The fourth-order valence-electron chi connectivity index (χ4n) is 5.45. The summed E-state index contributed by atoms with van der Waals surface area (Å²) in [5.41, 5.74) is 2.19. The predicted octanol–water partition coefficient (Wildman–Crippen LogP) is 10.9. The zero-order valence-corrected chi connectivity index (χ0v) is 30.0. The van der Waals surface area contributed by atoms with Gasteiger partial charge in [0.25, 0.3) is 0 Å². The van der Waals surface area contributed by atoms with Crippen LogP contribution in [0, 0.1) is 16.9 Å². The summed E-state index contributed by atoms with van der Waals surface area (Å²) in [5, 5.41) is 18.7. The third-order valence-corrected chi connectivity index (χ3v) is 8.31. The second kappa shape index (κ2) is 12.2. The number of allylic oxidation sites excluding steroid dienone is 2. The summed E-state index contributed by atoms with van der Waals surface area (Å²) >= 11 is 0. The number of ketones is 1. The van der Waals surface area contributed by atoms with Gasteiger partial charge in [0.2, 0.25) is 0 Å². The van der Waals surface area contributed by atoms with Crippen molar-refractivity contribution >= 4 is 48.9 Å². The Labute approximate surface area is 284 Å². The van der Waals surface area contributed by atoms with Gasteiger partial charge in [0.05, 0.1) is 5.75 Å². The zero-order chi connectivity index (χ0) is 32.3.